The van der Waals surface area contributed by atoms with E-state index in [1.807, 2.05) is 43.0 Å². The summed E-state index contributed by atoms with van der Waals surface area (Å²) in [6, 6.07) is 16.2. The van der Waals surface area contributed by atoms with Crippen LogP contribution in [0.4, 0.5) is 0 Å². The maximum absolute atomic E-state index is 13.4. The topological polar surface area (TPSA) is 100 Å². The lowest BCUT2D eigenvalue weighted by Gasteiger charge is -2.23. The first-order chi connectivity index (χ1) is 17.0. The maximum atomic E-state index is 13.4. The molecule has 2 aromatic carbocycles. The number of rotatable bonds is 7. The number of nitrogens with two attached hydrogens (primary N) is 2. The second kappa shape index (κ2) is 12.0. The standard InChI is InChI=1S/C26H34N6O.C2H6/c1-3-4-11-23-29-26(16-7-8-17-26)25(33)32(23)18-19-12-14-20(15-13-19)21-9-5-6-10-22(21)24(30-27)31(2)28;1-2/h5-6,9-10,12-15H,3-4,7-8,11,16-18,27-28H2,1-2H3;1-2H3/b30-24-;. The summed E-state index contributed by atoms with van der Waals surface area (Å²) in [5.74, 6) is 13.2. The molecule has 1 spiro atoms. The summed E-state index contributed by atoms with van der Waals surface area (Å²) in [5, 5.41) is 5.28. The number of carbonyl (C=O) groups excluding carboxylic acids is 1. The smallest absolute Gasteiger partial charge is 0.256 e. The average Bonchev–Trinajstić information content (AvgIpc) is 3.46. The van der Waals surface area contributed by atoms with Crippen molar-refractivity contribution in [3.8, 4) is 11.1 Å². The van der Waals surface area contributed by atoms with Gasteiger partial charge in [0.1, 0.15) is 11.4 Å². The number of nitrogens with zero attached hydrogens (tertiary/aromatic N) is 4. The van der Waals surface area contributed by atoms with E-state index in [0.29, 0.717) is 12.4 Å². The fourth-order valence-electron chi connectivity index (χ4n) is 4.95. The minimum Gasteiger partial charge on any atom is -0.321 e. The van der Waals surface area contributed by atoms with Crippen molar-refractivity contribution in [3.05, 3.63) is 59.7 Å². The number of aliphatic imine (C=N–C) groups is 1. The molecule has 35 heavy (non-hydrogen) atoms. The molecule has 188 valence electrons. The number of carbonyl (C=O) groups is 1. The first kappa shape index (κ1) is 26.4. The number of hydrogen-bond donors (Lipinski definition) is 2. The molecule has 0 bridgehead atoms. The number of hydrazone groups is 1. The molecule has 1 fully saturated rings. The monoisotopic (exact) mass is 476 g/mol. The quantitative estimate of drug-likeness (QED) is 0.253. The third kappa shape index (κ3) is 5.56. The first-order valence-electron chi connectivity index (χ1n) is 12.8. The van der Waals surface area contributed by atoms with Gasteiger partial charge in [-0.15, -0.1) is 0 Å². The number of amides is 1. The zero-order chi connectivity index (χ0) is 25.4. The van der Waals surface area contributed by atoms with Crippen LogP contribution in [-0.4, -0.2) is 40.1 Å². The van der Waals surface area contributed by atoms with Crippen LogP contribution >= 0.6 is 0 Å². The van der Waals surface area contributed by atoms with Crippen LogP contribution in [0.15, 0.2) is 58.6 Å². The second-order valence-corrected chi connectivity index (χ2v) is 9.07. The van der Waals surface area contributed by atoms with Gasteiger partial charge in [0.25, 0.3) is 5.91 Å². The van der Waals surface area contributed by atoms with Gasteiger partial charge in [0, 0.05) is 19.0 Å². The zero-order valence-electron chi connectivity index (χ0n) is 21.6. The highest BCUT2D eigenvalue weighted by atomic mass is 16.2. The van der Waals surface area contributed by atoms with Crippen LogP contribution in [-0.2, 0) is 11.3 Å². The molecule has 1 aliphatic heterocycles. The van der Waals surface area contributed by atoms with E-state index >= 15 is 0 Å². The Labute approximate surface area is 209 Å². The van der Waals surface area contributed by atoms with Gasteiger partial charge in [-0.25, -0.2) is 5.84 Å². The number of hydrogen-bond acceptors (Lipinski definition) is 5. The second-order valence-electron chi connectivity index (χ2n) is 9.07. The van der Waals surface area contributed by atoms with Gasteiger partial charge in [-0.3, -0.25) is 19.7 Å². The Morgan fingerprint density at radius 3 is 2.37 bits per heavy atom. The molecule has 7 nitrogen and oxygen atoms in total. The summed E-state index contributed by atoms with van der Waals surface area (Å²) in [7, 11) is 1.72. The van der Waals surface area contributed by atoms with E-state index in [1.165, 1.54) is 5.01 Å². The summed E-state index contributed by atoms with van der Waals surface area (Å²) >= 11 is 0. The SMILES string of the molecule is CC.CCCCC1=NC2(CCCC2)C(=O)N1Cc1ccc(-c2ccccc2/C(=N/N)N(C)N)cc1. The Bertz CT molecular complexity index is 1050. The Morgan fingerprint density at radius 2 is 1.77 bits per heavy atom. The molecule has 2 aromatic rings. The van der Waals surface area contributed by atoms with Crippen molar-refractivity contribution >= 4 is 17.6 Å². The Hall–Kier alpha value is -3.19. The highest BCUT2D eigenvalue weighted by molar-refractivity contribution is 6.08. The number of hydrazine groups is 1. The van der Waals surface area contributed by atoms with Crippen molar-refractivity contribution in [1.29, 1.82) is 0 Å². The molecule has 1 heterocycles. The predicted octanol–water partition coefficient (Wildman–Crippen LogP) is 5.05. The molecule has 1 aliphatic carbocycles. The molecular formula is C28H40N6O. The summed E-state index contributed by atoms with van der Waals surface area (Å²) in [5.41, 5.74) is 3.50. The summed E-state index contributed by atoms with van der Waals surface area (Å²) in [6.45, 7) is 6.74. The average molecular weight is 477 g/mol. The molecule has 1 saturated carbocycles. The van der Waals surface area contributed by atoms with Crippen LogP contribution in [0, 0.1) is 0 Å². The number of unbranched alkanes of at least 4 members (excludes halogenated alkanes) is 1. The summed E-state index contributed by atoms with van der Waals surface area (Å²) < 4.78 is 0. The van der Waals surface area contributed by atoms with Crippen LogP contribution in [0.2, 0.25) is 0 Å². The zero-order valence-corrected chi connectivity index (χ0v) is 21.6. The number of amidine groups is 2. The molecule has 4 rings (SSSR count). The van der Waals surface area contributed by atoms with E-state index in [4.69, 9.17) is 16.7 Å². The van der Waals surface area contributed by atoms with E-state index in [-0.39, 0.29) is 5.91 Å². The van der Waals surface area contributed by atoms with Crippen molar-refractivity contribution in [2.75, 3.05) is 7.05 Å². The van der Waals surface area contributed by atoms with E-state index in [0.717, 1.165) is 73.0 Å². The lowest BCUT2D eigenvalue weighted by Crippen LogP contribution is -2.40. The van der Waals surface area contributed by atoms with Gasteiger partial charge in [-0.05, 0) is 36.0 Å². The van der Waals surface area contributed by atoms with Crippen molar-refractivity contribution in [2.24, 2.45) is 21.8 Å². The molecule has 0 aromatic heterocycles. The van der Waals surface area contributed by atoms with Crippen LogP contribution in [0.5, 0.6) is 0 Å². The van der Waals surface area contributed by atoms with Crippen LogP contribution in [0.3, 0.4) is 0 Å². The molecule has 0 saturated heterocycles. The van der Waals surface area contributed by atoms with Gasteiger partial charge >= 0.3 is 0 Å². The summed E-state index contributed by atoms with van der Waals surface area (Å²) in [6.07, 6.45) is 6.95. The van der Waals surface area contributed by atoms with Crippen molar-refractivity contribution < 1.29 is 4.79 Å². The largest absolute Gasteiger partial charge is 0.321 e. The minimum atomic E-state index is -0.492. The molecule has 2 aliphatic rings. The van der Waals surface area contributed by atoms with Gasteiger partial charge in [0.05, 0.1) is 6.54 Å². The van der Waals surface area contributed by atoms with Gasteiger partial charge in [0.2, 0.25) is 0 Å². The molecule has 7 heteroatoms. The van der Waals surface area contributed by atoms with Crippen LogP contribution in [0.25, 0.3) is 11.1 Å². The normalized spacial score (nSPS) is 16.8. The Kier molecular flexibility index (Phi) is 9.04. The van der Waals surface area contributed by atoms with Gasteiger partial charge in [-0.2, -0.15) is 5.10 Å². The molecule has 1 amide bonds. The maximum Gasteiger partial charge on any atom is 0.256 e. The lowest BCUT2D eigenvalue weighted by atomic mass is 9.97. The third-order valence-corrected chi connectivity index (χ3v) is 6.71. The van der Waals surface area contributed by atoms with E-state index in [2.05, 4.69) is 36.3 Å². The molecule has 0 atom stereocenters. The van der Waals surface area contributed by atoms with Gasteiger partial charge in [0.15, 0.2) is 5.84 Å². The van der Waals surface area contributed by atoms with Gasteiger partial charge < -0.3 is 5.84 Å². The van der Waals surface area contributed by atoms with Crippen molar-refractivity contribution in [3.63, 3.8) is 0 Å². The third-order valence-electron chi connectivity index (χ3n) is 6.71. The highest BCUT2D eigenvalue weighted by Gasteiger charge is 2.49. The van der Waals surface area contributed by atoms with Crippen LogP contribution in [0.1, 0.15) is 76.8 Å². The molecule has 0 radical (unpaired) electrons. The van der Waals surface area contributed by atoms with E-state index in [1.54, 1.807) is 7.05 Å². The van der Waals surface area contributed by atoms with Crippen LogP contribution < -0.4 is 11.7 Å². The predicted molar refractivity (Wildman–Crippen MR) is 145 cm³/mol. The van der Waals surface area contributed by atoms with Crippen molar-refractivity contribution in [1.82, 2.24) is 9.91 Å². The first-order valence-corrected chi connectivity index (χ1v) is 12.8. The molecule has 0 unspecified atom stereocenters. The van der Waals surface area contributed by atoms with E-state index < -0.39 is 5.54 Å². The van der Waals surface area contributed by atoms with Gasteiger partial charge in [-0.1, -0.05) is 88.6 Å². The minimum absolute atomic E-state index is 0.190. The fraction of sp³-hybridized carbons (Fsp3) is 0.464. The fourth-order valence-corrected chi connectivity index (χ4v) is 4.95. The molecular weight excluding hydrogens is 436 g/mol. The Balaban J connectivity index is 0.00000167. The lowest BCUT2D eigenvalue weighted by molar-refractivity contribution is -0.131. The van der Waals surface area contributed by atoms with E-state index in [9.17, 15) is 4.79 Å². The molecule has 4 N–H and O–H groups in total. The Morgan fingerprint density at radius 1 is 1.11 bits per heavy atom. The highest BCUT2D eigenvalue weighted by Crippen LogP contribution is 2.40. The summed E-state index contributed by atoms with van der Waals surface area (Å²) in [4.78, 5) is 20.3. The number of benzene rings is 2. The van der Waals surface area contributed by atoms with Crippen molar-refractivity contribution in [2.45, 2.75) is 77.8 Å².